The highest BCUT2D eigenvalue weighted by Crippen LogP contribution is 2.32. The SMILES string of the molecule is CCC(c1nc2cccc(Cl)c2c(=O)n1-c1ccc(F)cc1)N(C(=O)O)C(C)(C)C. The molecule has 8 heteroatoms. The van der Waals surface area contributed by atoms with Gasteiger partial charge in [0.15, 0.2) is 0 Å². The van der Waals surface area contributed by atoms with E-state index in [-0.39, 0.29) is 16.2 Å². The van der Waals surface area contributed by atoms with Gasteiger partial charge in [0.2, 0.25) is 0 Å². The fraction of sp³-hybridized carbons (Fsp3) is 0.318. The molecule has 3 rings (SSSR count). The number of fused-ring (bicyclic) bond motifs is 1. The van der Waals surface area contributed by atoms with E-state index in [1.54, 1.807) is 39.0 Å². The first-order chi connectivity index (χ1) is 14.1. The van der Waals surface area contributed by atoms with Gasteiger partial charge in [0.1, 0.15) is 11.6 Å². The highest BCUT2D eigenvalue weighted by Gasteiger charge is 2.36. The standard InChI is InChI=1S/C22H23ClFN3O3/c1-5-17(27(21(29)30)22(2,3)4)19-25-16-8-6-7-15(23)18(16)20(28)26(19)14-11-9-13(24)10-12-14/h6-12,17H,5H2,1-4H3,(H,29,30). The van der Waals surface area contributed by atoms with Crippen molar-refractivity contribution in [3.63, 3.8) is 0 Å². The predicted octanol–water partition coefficient (Wildman–Crippen LogP) is 5.41. The van der Waals surface area contributed by atoms with Crippen LogP contribution in [-0.4, -0.2) is 31.2 Å². The molecule has 1 unspecified atom stereocenters. The van der Waals surface area contributed by atoms with E-state index in [1.807, 2.05) is 6.92 Å². The number of rotatable bonds is 4. The molecule has 1 aromatic heterocycles. The zero-order chi connectivity index (χ0) is 22.2. The number of aromatic nitrogens is 2. The molecule has 6 nitrogen and oxygen atoms in total. The first-order valence-corrected chi connectivity index (χ1v) is 9.93. The molecule has 1 amide bonds. The summed E-state index contributed by atoms with van der Waals surface area (Å²) < 4.78 is 14.8. The number of nitrogens with zero attached hydrogens (tertiary/aromatic N) is 3. The molecule has 1 heterocycles. The van der Waals surface area contributed by atoms with E-state index in [9.17, 15) is 19.1 Å². The molecule has 0 fully saturated rings. The Morgan fingerprint density at radius 2 is 1.87 bits per heavy atom. The zero-order valence-electron chi connectivity index (χ0n) is 17.2. The summed E-state index contributed by atoms with van der Waals surface area (Å²) in [6, 6.07) is 9.61. The van der Waals surface area contributed by atoms with Crippen LogP contribution in [0.25, 0.3) is 16.6 Å². The summed E-state index contributed by atoms with van der Waals surface area (Å²) in [4.78, 5) is 31.6. The molecule has 0 spiro atoms. The smallest absolute Gasteiger partial charge is 0.408 e. The molecule has 0 aliphatic heterocycles. The molecule has 30 heavy (non-hydrogen) atoms. The molecule has 0 aliphatic rings. The molecule has 158 valence electrons. The second-order valence-electron chi connectivity index (χ2n) is 7.97. The van der Waals surface area contributed by atoms with Crippen LogP contribution in [0.1, 0.15) is 46.0 Å². The van der Waals surface area contributed by atoms with E-state index in [4.69, 9.17) is 11.6 Å². The van der Waals surface area contributed by atoms with Crippen LogP contribution in [0.3, 0.4) is 0 Å². The van der Waals surface area contributed by atoms with Gasteiger partial charge in [-0.2, -0.15) is 0 Å². The largest absolute Gasteiger partial charge is 0.465 e. The van der Waals surface area contributed by atoms with Crippen LogP contribution in [0, 0.1) is 5.82 Å². The summed E-state index contributed by atoms with van der Waals surface area (Å²) in [5.74, 6) is -0.199. The van der Waals surface area contributed by atoms with Crippen LogP contribution < -0.4 is 5.56 Å². The minimum absolute atomic E-state index is 0.222. The minimum Gasteiger partial charge on any atom is -0.465 e. The van der Waals surface area contributed by atoms with E-state index in [0.29, 0.717) is 17.6 Å². The lowest BCUT2D eigenvalue weighted by Crippen LogP contribution is -2.48. The number of hydrogen-bond donors (Lipinski definition) is 1. The van der Waals surface area contributed by atoms with Gasteiger partial charge in [-0.3, -0.25) is 14.3 Å². The van der Waals surface area contributed by atoms with E-state index >= 15 is 0 Å². The van der Waals surface area contributed by atoms with Gasteiger partial charge >= 0.3 is 6.09 Å². The molecule has 3 aromatic rings. The van der Waals surface area contributed by atoms with Crippen LogP contribution in [0.15, 0.2) is 47.3 Å². The Morgan fingerprint density at radius 1 is 1.23 bits per heavy atom. The average Bonchev–Trinajstić information content (AvgIpc) is 2.65. The summed E-state index contributed by atoms with van der Waals surface area (Å²) in [5, 5.41) is 10.4. The molecular formula is C22H23ClFN3O3. The van der Waals surface area contributed by atoms with Crippen LogP contribution in [0.5, 0.6) is 0 Å². The van der Waals surface area contributed by atoms with Gasteiger partial charge < -0.3 is 5.11 Å². The van der Waals surface area contributed by atoms with Crippen molar-refractivity contribution in [1.82, 2.24) is 14.5 Å². The Labute approximate surface area is 178 Å². The minimum atomic E-state index is -1.12. The number of amides is 1. The fourth-order valence-electron chi connectivity index (χ4n) is 3.64. The normalized spacial score (nSPS) is 12.7. The van der Waals surface area contributed by atoms with E-state index in [1.165, 1.54) is 33.7 Å². The average molecular weight is 432 g/mol. The molecular weight excluding hydrogens is 409 g/mol. The molecule has 0 bridgehead atoms. The molecule has 1 atom stereocenters. The Morgan fingerprint density at radius 3 is 2.40 bits per heavy atom. The topological polar surface area (TPSA) is 75.4 Å². The first-order valence-electron chi connectivity index (χ1n) is 9.55. The molecule has 0 radical (unpaired) electrons. The van der Waals surface area contributed by atoms with Gasteiger partial charge in [-0.25, -0.2) is 14.2 Å². The van der Waals surface area contributed by atoms with Gasteiger partial charge in [-0.1, -0.05) is 24.6 Å². The van der Waals surface area contributed by atoms with Crippen molar-refractivity contribution in [3.8, 4) is 5.69 Å². The van der Waals surface area contributed by atoms with Crippen molar-refractivity contribution in [2.45, 2.75) is 45.7 Å². The third-order valence-electron chi connectivity index (χ3n) is 4.88. The maximum absolute atomic E-state index is 13.5. The number of carbonyl (C=O) groups is 1. The Balaban J connectivity index is 2.42. The molecule has 0 saturated heterocycles. The zero-order valence-corrected chi connectivity index (χ0v) is 17.9. The van der Waals surface area contributed by atoms with Crippen molar-refractivity contribution < 1.29 is 14.3 Å². The predicted molar refractivity (Wildman–Crippen MR) is 115 cm³/mol. The van der Waals surface area contributed by atoms with Crippen molar-refractivity contribution in [1.29, 1.82) is 0 Å². The molecule has 1 N–H and O–H groups in total. The summed E-state index contributed by atoms with van der Waals surface area (Å²) >= 11 is 6.28. The number of benzene rings is 2. The highest BCUT2D eigenvalue weighted by molar-refractivity contribution is 6.35. The monoisotopic (exact) mass is 431 g/mol. The Hall–Kier alpha value is -2.93. The van der Waals surface area contributed by atoms with Crippen molar-refractivity contribution in [2.24, 2.45) is 0 Å². The second-order valence-corrected chi connectivity index (χ2v) is 8.38. The number of carboxylic acid groups (broad SMARTS) is 1. The third kappa shape index (κ3) is 3.89. The second kappa shape index (κ2) is 8.07. The number of hydrogen-bond acceptors (Lipinski definition) is 3. The first kappa shape index (κ1) is 21.8. The lowest BCUT2D eigenvalue weighted by atomic mass is 10.0. The van der Waals surface area contributed by atoms with Crippen molar-refractivity contribution >= 4 is 28.6 Å². The Bertz CT molecular complexity index is 1150. The van der Waals surface area contributed by atoms with Crippen LogP contribution in [0.2, 0.25) is 5.02 Å². The lowest BCUT2D eigenvalue weighted by molar-refractivity contribution is 0.0646. The van der Waals surface area contributed by atoms with Crippen LogP contribution in [0.4, 0.5) is 9.18 Å². The van der Waals surface area contributed by atoms with Gasteiger partial charge in [-0.05, 0) is 63.6 Å². The van der Waals surface area contributed by atoms with Crippen molar-refractivity contribution in [3.05, 3.63) is 69.5 Å². The molecule has 2 aromatic carbocycles. The van der Waals surface area contributed by atoms with E-state index < -0.39 is 29.1 Å². The van der Waals surface area contributed by atoms with E-state index in [0.717, 1.165) is 0 Å². The van der Waals surface area contributed by atoms with Crippen molar-refractivity contribution in [2.75, 3.05) is 0 Å². The lowest BCUT2D eigenvalue weighted by Gasteiger charge is -2.39. The number of halogens is 2. The maximum atomic E-state index is 13.5. The third-order valence-corrected chi connectivity index (χ3v) is 5.20. The van der Waals surface area contributed by atoms with Gasteiger partial charge in [0.25, 0.3) is 5.56 Å². The van der Waals surface area contributed by atoms with Gasteiger partial charge in [-0.15, -0.1) is 0 Å². The summed E-state index contributed by atoms with van der Waals surface area (Å²) in [7, 11) is 0. The Kier molecular flexibility index (Phi) is 5.85. The molecule has 0 aliphatic carbocycles. The maximum Gasteiger partial charge on any atom is 0.408 e. The van der Waals surface area contributed by atoms with E-state index in [2.05, 4.69) is 4.98 Å². The van der Waals surface area contributed by atoms with Gasteiger partial charge in [0.05, 0.1) is 27.7 Å². The summed E-state index contributed by atoms with van der Waals surface area (Å²) in [6.45, 7) is 7.17. The van der Waals surface area contributed by atoms with Crippen LogP contribution in [-0.2, 0) is 0 Å². The summed E-state index contributed by atoms with van der Waals surface area (Å²) in [5.41, 5.74) is -0.437. The highest BCUT2D eigenvalue weighted by atomic mass is 35.5. The molecule has 0 saturated carbocycles. The van der Waals surface area contributed by atoms with Gasteiger partial charge in [0, 0.05) is 5.54 Å². The fourth-order valence-corrected chi connectivity index (χ4v) is 3.89. The van der Waals surface area contributed by atoms with Crippen LogP contribution >= 0.6 is 11.6 Å². The quantitative estimate of drug-likeness (QED) is 0.599. The summed E-state index contributed by atoms with van der Waals surface area (Å²) in [6.07, 6.45) is -0.746.